The molecule has 5 heteroatoms. The Hall–Kier alpha value is -2.30. The molecular weight excluding hydrogens is 298 g/mol. The van der Waals surface area contributed by atoms with Gasteiger partial charge in [0.05, 0.1) is 17.9 Å². The van der Waals surface area contributed by atoms with E-state index < -0.39 is 0 Å². The summed E-state index contributed by atoms with van der Waals surface area (Å²) < 4.78 is 1.99. The van der Waals surface area contributed by atoms with E-state index in [1.807, 2.05) is 29.8 Å². The summed E-state index contributed by atoms with van der Waals surface area (Å²) in [5.74, 6) is 1.44. The van der Waals surface area contributed by atoms with Gasteiger partial charge in [0.25, 0.3) is 0 Å². The molecule has 24 heavy (non-hydrogen) atoms. The number of aromatic nitrogens is 2. The number of guanidine groups is 1. The highest BCUT2D eigenvalue weighted by molar-refractivity contribution is 5.79. The molecule has 0 amide bonds. The maximum absolute atomic E-state index is 4.73. The Kier molecular flexibility index (Phi) is 6.41. The lowest BCUT2D eigenvalue weighted by Crippen LogP contribution is -2.39. The Morgan fingerprint density at radius 1 is 1.17 bits per heavy atom. The van der Waals surface area contributed by atoms with E-state index in [0.29, 0.717) is 12.5 Å². The Balaban J connectivity index is 2.19. The van der Waals surface area contributed by atoms with Gasteiger partial charge in [0, 0.05) is 24.3 Å². The highest BCUT2D eigenvalue weighted by Gasteiger charge is 2.12. The molecule has 1 aromatic heterocycles. The first-order chi connectivity index (χ1) is 11.5. The van der Waals surface area contributed by atoms with E-state index in [2.05, 4.69) is 55.6 Å². The molecule has 5 nitrogen and oxygen atoms in total. The molecule has 0 aliphatic carbocycles. The zero-order valence-corrected chi connectivity index (χ0v) is 15.4. The highest BCUT2D eigenvalue weighted by atomic mass is 15.3. The number of nitrogens with zero attached hydrogens (tertiary/aromatic N) is 3. The topological polar surface area (TPSA) is 54.2 Å². The molecule has 0 aliphatic heterocycles. The number of aryl methyl sites for hydroxylation is 1. The number of aliphatic imine (C=N–C) groups is 1. The molecule has 1 heterocycles. The fourth-order valence-corrected chi connectivity index (χ4v) is 2.53. The average Bonchev–Trinajstić information content (AvgIpc) is 2.85. The van der Waals surface area contributed by atoms with Gasteiger partial charge in [-0.1, -0.05) is 32.0 Å². The Bertz CT molecular complexity index is 671. The minimum Gasteiger partial charge on any atom is -0.357 e. The van der Waals surface area contributed by atoms with Crippen LogP contribution in [0.2, 0.25) is 0 Å². The van der Waals surface area contributed by atoms with Crippen LogP contribution in [0.1, 0.15) is 37.7 Å². The molecule has 0 spiro atoms. The van der Waals surface area contributed by atoms with Crippen LogP contribution in [0.4, 0.5) is 0 Å². The lowest BCUT2D eigenvalue weighted by molar-refractivity contribution is 0.615. The van der Waals surface area contributed by atoms with Gasteiger partial charge in [0.15, 0.2) is 5.96 Å². The fourth-order valence-electron chi connectivity index (χ4n) is 2.53. The summed E-state index contributed by atoms with van der Waals surface area (Å²) in [4.78, 5) is 4.73. The molecule has 2 N–H and O–H groups in total. The van der Waals surface area contributed by atoms with E-state index in [4.69, 9.17) is 4.99 Å². The molecule has 0 fully saturated rings. The third kappa shape index (κ3) is 4.60. The predicted octanol–water partition coefficient (Wildman–Crippen LogP) is 3.20. The average molecular weight is 327 g/mol. The molecule has 0 saturated carbocycles. The second kappa shape index (κ2) is 8.52. The van der Waals surface area contributed by atoms with Gasteiger partial charge in [0.2, 0.25) is 0 Å². The van der Waals surface area contributed by atoms with Crippen LogP contribution in [0.3, 0.4) is 0 Å². The van der Waals surface area contributed by atoms with E-state index in [9.17, 15) is 0 Å². The van der Waals surface area contributed by atoms with E-state index in [0.717, 1.165) is 36.1 Å². The van der Waals surface area contributed by atoms with Crippen LogP contribution in [0.5, 0.6) is 0 Å². The van der Waals surface area contributed by atoms with Crippen molar-refractivity contribution in [1.82, 2.24) is 20.4 Å². The zero-order valence-electron chi connectivity index (χ0n) is 15.4. The summed E-state index contributed by atoms with van der Waals surface area (Å²) in [5.41, 5.74) is 4.43. The molecule has 2 aromatic rings. The van der Waals surface area contributed by atoms with Crippen molar-refractivity contribution in [3.8, 4) is 5.69 Å². The fraction of sp³-hybridized carbons (Fsp3) is 0.474. The van der Waals surface area contributed by atoms with Gasteiger partial charge in [-0.25, -0.2) is 9.67 Å². The van der Waals surface area contributed by atoms with Crippen molar-refractivity contribution >= 4 is 5.96 Å². The maximum atomic E-state index is 4.73. The van der Waals surface area contributed by atoms with E-state index in [1.54, 1.807) is 0 Å². The van der Waals surface area contributed by atoms with Crippen molar-refractivity contribution in [3.05, 3.63) is 47.3 Å². The van der Waals surface area contributed by atoms with Crippen LogP contribution < -0.4 is 10.6 Å². The summed E-state index contributed by atoms with van der Waals surface area (Å²) in [6.07, 6.45) is 0. The molecule has 0 radical (unpaired) electrons. The summed E-state index contributed by atoms with van der Waals surface area (Å²) in [6.45, 7) is 13.0. The van der Waals surface area contributed by atoms with Gasteiger partial charge in [0.1, 0.15) is 0 Å². The number of rotatable bonds is 6. The highest BCUT2D eigenvalue weighted by Crippen LogP contribution is 2.18. The molecular formula is C19H29N5. The quantitative estimate of drug-likeness (QED) is 0.633. The monoisotopic (exact) mass is 327 g/mol. The number of hydrogen-bond donors (Lipinski definition) is 2. The van der Waals surface area contributed by atoms with Crippen molar-refractivity contribution in [2.45, 2.75) is 41.2 Å². The van der Waals surface area contributed by atoms with Crippen molar-refractivity contribution in [3.63, 3.8) is 0 Å². The molecule has 0 unspecified atom stereocenters. The van der Waals surface area contributed by atoms with Crippen LogP contribution in [0, 0.1) is 19.8 Å². The first-order valence-corrected chi connectivity index (χ1v) is 8.65. The van der Waals surface area contributed by atoms with Gasteiger partial charge in [-0.2, -0.15) is 5.10 Å². The molecule has 1 aromatic carbocycles. The normalized spacial score (nSPS) is 11.8. The van der Waals surface area contributed by atoms with Gasteiger partial charge in [-0.05, 0) is 38.8 Å². The summed E-state index contributed by atoms with van der Waals surface area (Å²) in [6, 6.07) is 10.2. The minimum absolute atomic E-state index is 0.582. The summed E-state index contributed by atoms with van der Waals surface area (Å²) >= 11 is 0. The number of hydrogen-bond acceptors (Lipinski definition) is 2. The van der Waals surface area contributed by atoms with Gasteiger partial charge >= 0.3 is 0 Å². The lowest BCUT2D eigenvalue weighted by Gasteiger charge is -2.13. The largest absolute Gasteiger partial charge is 0.357 e. The van der Waals surface area contributed by atoms with Gasteiger partial charge in [-0.15, -0.1) is 0 Å². The van der Waals surface area contributed by atoms with Crippen LogP contribution in [-0.2, 0) is 6.54 Å². The van der Waals surface area contributed by atoms with E-state index >= 15 is 0 Å². The summed E-state index contributed by atoms with van der Waals surface area (Å²) in [5, 5.41) is 11.4. The van der Waals surface area contributed by atoms with Crippen LogP contribution in [0.15, 0.2) is 35.3 Å². The van der Waals surface area contributed by atoms with Crippen molar-refractivity contribution in [1.29, 1.82) is 0 Å². The first kappa shape index (κ1) is 18.0. The van der Waals surface area contributed by atoms with Crippen molar-refractivity contribution in [2.75, 3.05) is 13.1 Å². The van der Waals surface area contributed by atoms with Crippen LogP contribution >= 0.6 is 0 Å². The van der Waals surface area contributed by atoms with Gasteiger partial charge in [-0.3, -0.25) is 0 Å². The second-order valence-corrected chi connectivity index (χ2v) is 6.37. The number of benzene rings is 1. The molecule has 0 atom stereocenters. The van der Waals surface area contributed by atoms with E-state index in [-0.39, 0.29) is 0 Å². The lowest BCUT2D eigenvalue weighted by atomic mass is 10.2. The summed E-state index contributed by atoms with van der Waals surface area (Å²) in [7, 11) is 0. The second-order valence-electron chi connectivity index (χ2n) is 6.37. The Morgan fingerprint density at radius 2 is 1.88 bits per heavy atom. The Labute approximate surface area is 145 Å². The molecule has 2 rings (SSSR count). The molecule has 0 aliphatic rings. The maximum Gasteiger partial charge on any atom is 0.191 e. The Morgan fingerprint density at radius 3 is 2.50 bits per heavy atom. The van der Waals surface area contributed by atoms with Gasteiger partial charge < -0.3 is 10.6 Å². The standard InChI is InChI=1S/C19H29N5/c1-6-20-19(21-12-14(2)3)22-13-18-15(4)23-24(16(18)5)17-10-8-7-9-11-17/h7-11,14H,6,12-13H2,1-5H3,(H2,20,21,22). The van der Waals surface area contributed by atoms with Crippen LogP contribution in [0.25, 0.3) is 5.69 Å². The third-order valence-corrected chi connectivity index (χ3v) is 3.86. The van der Waals surface area contributed by atoms with Crippen LogP contribution in [-0.4, -0.2) is 28.8 Å². The van der Waals surface area contributed by atoms with E-state index in [1.165, 1.54) is 5.56 Å². The minimum atomic E-state index is 0.582. The van der Waals surface area contributed by atoms with Crippen molar-refractivity contribution in [2.24, 2.45) is 10.9 Å². The van der Waals surface area contributed by atoms with Crippen molar-refractivity contribution < 1.29 is 0 Å². The molecule has 0 bridgehead atoms. The third-order valence-electron chi connectivity index (χ3n) is 3.86. The predicted molar refractivity (Wildman–Crippen MR) is 101 cm³/mol. The first-order valence-electron chi connectivity index (χ1n) is 8.65. The zero-order chi connectivity index (χ0) is 17.5. The number of para-hydroxylation sites is 1. The molecule has 130 valence electrons. The molecule has 0 saturated heterocycles. The SMILES string of the molecule is CCNC(=NCc1c(C)nn(-c2ccccc2)c1C)NCC(C)C. The number of nitrogens with one attached hydrogen (secondary N) is 2. The smallest absolute Gasteiger partial charge is 0.191 e.